The first kappa shape index (κ1) is 13.5. The van der Waals surface area contributed by atoms with Crippen molar-refractivity contribution in [2.45, 2.75) is 6.92 Å². The van der Waals surface area contributed by atoms with Gasteiger partial charge in [-0.2, -0.15) is 5.10 Å². The van der Waals surface area contributed by atoms with Gasteiger partial charge in [-0.05, 0) is 28.9 Å². The lowest BCUT2D eigenvalue weighted by Crippen LogP contribution is -2.15. The molecule has 0 saturated carbocycles. The number of aromatic amines is 1. The van der Waals surface area contributed by atoms with Crippen molar-refractivity contribution in [1.82, 2.24) is 10.2 Å². The predicted molar refractivity (Wildman–Crippen MR) is 69.7 cm³/mol. The van der Waals surface area contributed by atoms with E-state index in [4.69, 9.17) is 5.73 Å². The Labute approximate surface area is 115 Å². The minimum absolute atomic E-state index is 0.0295. The van der Waals surface area contributed by atoms with Gasteiger partial charge in [0.1, 0.15) is 11.6 Å². The Kier molecular flexibility index (Phi) is 3.52. The van der Waals surface area contributed by atoms with Crippen LogP contribution in [0, 0.1) is 18.6 Å². The van der Waals surface area contributed by atoms with Gasteiger partial charge in [0.15, 0.2) is 5.69 Å². The zero-order valence-electron chi connectivity index (χ0n) is 9.72. The van der Waals surface area contributed by atoms with Gasteiger partial charge in [0.2, 0.25) is 0 Å². The van der Waals surface area contributed by atoms with E-state index in [1.807, 2.05) is 0 Å². The molecule has 2 aromatic rings. The van der Waals surface area contributed by atoms with Crippen LogP contribution in [0.15, 0.2) is 16.6 Å². The van der Waals surface area contributed by atoms with Gasteiger partial charge in [0.05, 0.1) is 21.5 Å². The number of carbonyl (C=O) groups excluding carboxylic acids is 1. The number of halogens is 3. The number of amides is 1. The highest BCUT2D eigenvalue weighted by Crippen LogP contribution is 2.24. The van der Waals surface area contributed by atoms with Gasteiger partial charge in [-0.15, -0.1) is 0 Å². The fraction of sp³-hybridized carbons (Fsp3) is 0.0909. The number of carbonyl (C=O) groups is 1. The van der Waals surface area contributed by atoms with Gasteiger partial charge in [0, 0.05) is 6.07 Å². The van der Waals surface area contributed by atoms with Gasteiger partial charge in [-0.3, -0.25) is 9.89 Å². The second-order valence-electron chi connectivity index (χ2n) is 3.81. The minimum atomic E-state index is -0.771. The Hall–Kier alpha value is -1.96. The average molecular weight is 331 g/mol. The van der Waals surface area contributed by atoms with Gasteiger partial charge < -0.3 is 11.1 Å². The molecule has 4 N–H and O–H groups in total. The van der Waals surface area contributed by atoms with Crippen molar-refractivity contribution in [1.29, 1.82) is 0 Å². The summed E-state index contributed by atoms with van der Waals surface area (Å²) in [5.74, 6) is -2.18. The zero-order valence-corrected chi connectivity index (χ0v) is 11.3. The van der Waals surface area contributed by atoms with Crippen LogP contribution in [0.2, 0.25) is 0 Å². The molecule has 5 nitrogen and oxygen atoms in total. The third-order valence-corrected chi connectivity index (χ3v) is 3.08. The van der Waals surface area contributed by atoms with Crippen LogP contribution in [0.25, 0.3) is 0 Å². The largest absolute Gasteiger partial charge is 0.395 e. The Balaban J connectivity index is 2.29. The fourth-order valence-electron chi connectivity index (χ4n) is 1.41. The summed E-state index contributed by atoms with van der Waals surface area (Å²) in [6.07, 6.45) is 0. The average Bonchev–Trinajstić information content (AvgIpc) is 2.67. The van der Waals surface area contributed by atoms with Crippen LogP contribution in [0.4, 0.5) is 20.2 Å². The summed E-state index contributed by atoms with van der Waals surface area (Å²) in [5, 5.41) is 8.43. The van der Waals surface area contributed by atoms with E-state index in [-0.39, 0.29) is 21.5 Å². The molecule has 0 aliphatic heterocycles. The number of H-pyrrole nitrogens is 1. The lowest BCUT2D eigenvalue weighted by Gasteiger charge is -2.06. The summed E-state index contributed by atoms with van der Waals surface area (Å²) in [4.78, 5) is 11.8. The molecule has 19 heavy (non-hydrogen) atoms. The summed E-state index contributed by atoms with van der Waals surface area (Å²) in [6, 6.07) is 1.79. The quantitative estimate of drug-likeness (QED) is 0.740. The molecule has 0 aliphatic carbocycles. The first-order valence-electron chi connectivity index (χ1n) is 5.16. The molecular weight excluding hydrogens is 322 g/mol. The molecule has 1 aromatic heterocycles. The lowest BCUT2D eigenvalue weighted by molar-refractivity contribution is 0.102. The minimum Gasteiger partial charge on any atom is -0.395 e. The number of nitrogen functional groups attached to an aromatic ring is 1. The lowest BCUT2D eigenvalue weighted by atomic mass is 10.2. The van der Waals surface area contributed by atoms with Crippen LogP contribution in [0.1, 0.15) is 16.2 Å². The number of aromatic nitrogens is 2. The first-order valence-corrected chi connectivity index (χ1v) is 5.95. The van der Waals surface area contributed by atoms with Crippen LogP contribution in [0.3, 0.4) is 0 Å². The number of benzene rings is 1. The number of nitrogens with one attached hydrogen (secondary N) is 2. The number of anilines is 2. The van der Waals surface area contributed by atoms with Crippen LogP contribution in [-0.4, -0.2) is 16.1 Å². The van der Waals surface area contributed by atoms with Gasteiger partial charge >= 0.3 is 0 Å². The normalized spacial score (nSPS) is 10.5. The monoisotopic (exact) mass is 330 g/mol. The van der Waals surface area contributed by atoms with E-state index >= 15 is 0 Å². The molecular formula is C11H9BrF2N4O. The molecule has 0 fully saturated rings. The number of hydrogen-bond acceptors (Lipinski definition) is 3. The maximum atomic E-state index is 13.5. The molecule has 0 radical (unpaired) electrons. The van der Waals surface area contributed by atoms with E-state index in [1.165, 1.54) is 0 Å². The Bertz CT molecular complexity index is 656. The zero-order chi connectivity index (χ0) is 14.2. The van der Waals surface area contributed by atoms with Crippen LogP contribution in [0.5, 0.6) is 0 Å². The van der Waals surface area contributed by atoms with Crippen molar-refractivity contribution >= 4 is 33.2 Å². The van der Waals surface area contributed by atoms with Crippen molar-refractivity contribution in [3.05, 3.63) is 39.6 Å². The molecule has 0 saturated heterocycles. The van der Waals surface area contributed by atoms with E-state index in [1.54, 1.807) is 6.92 Å². The second-order valence-corrected chi connectivity index (χ2v) is 4.67. The third kappa shape index (κ3) is 2.58. The summed E-state index contributed by atoms with van der Waals surface area (Å²) in [6.45, 7) is 1.64. The van der Waals surface area contributed by atoms with Gasteiger partial charge in [-0.25, -0.2) is 8.78 Å². The maximum absolute atomic E-state index is 13.5. The molecule has 1 amide bonds. The molecule has 0 atom stereocenters. The van der Waals surface area contributed by atoms with E-state index in [9.17, 15) is 13.6 Å². The van der Waals surface area contributed by atoms with Gasteiger partial charge in [-0.1, -0.05) is 0 Å². The van der Waals surface area contributed by atoms with Crippen molar-refractivity contribution in [2.24, 2.45) is 0 Å². The predicted octanol–water partition coefficient (Wildman–Crippen LogP) is 2.59. The Morgan fingerprint density at radius 3 is 2.68 bits per heavy atom. The van der Waals surface area contributed by atoms with E-state index in [0.29, 0.717) is 5.69 Å². The fourth-order valence-corrected chi connectivity index (χ4v) is 1.73. The first-order chi connectivity index (χ1) is 8.90. The summed E-state index contributed by atoms with van der Waals surface area (Å²) in [5.41, 5.74) is 5.95. The van der Waals surface area contributed by atoms with Crippen molar-refractivity contribution in [2.75, 3.05) is 11.1 Å². The SMILES string of the molecule is Cc1[nH]nc(C(=O)Nc2cc(F)c(Br)cc2F)c1N. The third-order valence-electron chi connectivity index (χ3n) is 2.47. The second kappa shape index (κ2) is 4.96. The topological polar surface area (TPSA) is 83.8 Å². The number of hydrogen-bond donors (Lipinski definition) is 3. The Morgan fingerprint density at radius 1 is 1.42 bits per heavy atom. The Morgan fingerprint density at radius 2 is 2.11 bits per heavy atom. The molecule has 0 spiro atoms. The van der Waals surface area contributed by atoms with Crippen molar-refractivity contribution in [3.8, 4) is 0 Å². The summed E-state index contributed by atoms with van der Waals surface area (Å²) < 4.78 is 26.8. The van der Waals surface area contributed by atoms with E-state index in [0.717, 1.165) is 12.1 Å². The summed E-state index contributed by atoms with van der Waals surface area (Å²) in [7, 11) is 0. The smallest absolute Gasteiger partial charge is 0.278 e. The summed E-state index contributed by atoms with van der Waals surface area (Å²) >= 11 is 2.84. The number of nitrogens with two attached hydrogens (primary N) is 1. The molecule has 100 valence electrons. The highest BCUT2D eigenvalue weighted by Gasteiger charge is 2.17. The number of rotatable bonds is 2. The van der Waals surface area contributed by atoms with Crippen LogP contribution >= 0.6 is 15.9 Å². The molecule has 8 heteroatoms. The van der Waals surface area contributed by atoms with E-state index in [2.05, 4.69) is 31.4 Å². The van der Waals surface area contributed by atoms with E-state index < -0.39 is 17.5 Å². The molecule has 1 heterocycles. The van der Waals surface area contributed by atoms with Crippen molar-refractivity contribution < 1.29 is 13.6 Å². The molecule has 1 aromatic carbocycles. The van der Waals surface area contributed by atoms with Crippen LogP contribution < -0.4 is 11.1 Å². The van der Waals surface area contributed by atoms with Gasteiger partial charge in [0.25, 0.3) is 5.91 Å². The maximum Gasteiger partial charge on any atom is 0.278 e. The highest BCUT2D eigenvalue weighted by atomic mass is 79.9. The molecule has 2 rings (SSSR count). The molecule has 0 unspecified atom stereocenters. The highest BCUT2D eigenvalue weighted by molar-refractivity contribution is 9.10. The number of aryl methyl sites for hydroxylation is 1. The standard InChI is InChI=1S/C11H9BrF2N4O/c1-4-9(15)10(18-17-4)11(19)16-8-3-6(13)5(12)2-7(8)14/h2-3H,15H2,1H3,(H,16,19)(H,17,18). The molecule has 0 bridgehead atoms. The molecule has 0 aliphatic rings. The van der Waals surface area contributed by atoms with Crippen molar-refractivity contribution in [3.63, 3.8) is 0 Å². The van der Waals surface area contributed by atoms with Crippen LogP contribution in [-0.2, 0) is 0 Å². The number of nitrogens with zero attached hydrogens (tertiary/aromatic N) is 1.